The van der Waals surface area contributed by atoms with Crippen molar-refractivity contribution in [1.82, 2.24) is 0 Å². The summed E-state index contributed by atoms with van der Waals surface area (Å²) in [7, 11) is 0. The van der Waals surface area contributed by atoms with Gasteiger partial charge in [-0.05, 0) is 74.0 Å². The molecule has 104 valence electrons. The minimum absolute atomic E-state index is 0.384. The summed E-state index contributed by atoms with van der Waals surface area (Å²) in [5, 5.41) is 10.4. The molecule has 3 aliphatic rings. The molecule has 3 saturated carbocycles. The standard InChI is InChI=1S/C17H30O/c1-15(2)13-7-9-17(15,4)14(10-13)12-6-5-8-16(3,18)11-12/h12-14,18H,5-11H2,1-4H3/t12?,13-,14+,16?,17+/m1/s1. The lowest BCUT2D eigenvalue weighted by Crippen LogP contribution is -2.41. The number of rotatable bonds is 1. The van der Waals surface area contributed by atoms with Crippen molar-refractivity contribution in [2.45, 2.75) is 78.2 Å². The topological polar surface area (TPSA) is 20.2 Å². The summed E-state index contributed by atoms with van der Waals surface area (Å²) in [6.07, 6.45) is 8.96. The smallest absolute Gasteiger partial charge is 0.0622 e. The fourth-order valence-corrected chi connectivity index (χ4v) is 5.84. The molecule has 3 fully saturated rings. The molecule has 0 aromatic heterocycles. The average Bonchev–Trinajstić information content (AvgIpc) is 2.59. The molecule has 0 aromatic carbocycles. The van der Waals surface area contributed by atoms with Gasteiger partial charge >= 0.3 is 0 Å². The molecule has 0 aromatic rings. The molecular formula is C17H30O. The highest BCUT2D eigenvalue weighted by molar-refractivity contribution is 5.11. The van der Waals surface area contributed by atoms with Crippen molar-refractivity contribution in [2.75, 3.05) is 0 Å². The van der Waals surface area contributed by atoms with Crippen LogP contribution in [0.15, 0.2) is 0 Å². The van der Waals surface area contributed by atoms with Crippen molar-refractivity contribution < 1.29 is 5.11 Å². The van der Waals surface area contributed by atoms with Gasteiger partial charge in [0.25, 0.3) is 0 Å². The van der Waals surface area contributed by atoms with Crippen LogP contribution in [0.5, 0.6) is 0 Å². The molecule has 1 nitrogen and oxygen atoms in total. The van der Waals surface area contributed by atoms with E-state index in [1.165, 1.54) is 32.1 Å². The maximum atomic E-state index is 10.4. The van der Waals surface area contributed by atoms with E-state index in [4.69, 9.17) is 0 Å². The Labute approximate surface area is 112 Å². The van der Waals surface area contributed by atoms with Gasteiger partial charge < -0.3 is 5.11 Å². The maximum absolute atomic E-state index is 10.4. The van der Waals surface area contributed by atoms with Gasteiger partial charge in [-0.25, -0.2) is 0 Å². The third-order valence-electron chi connectivity index (χ3n) is 7.42. The van der Waals surface area contributed by atoms with Crippen LogP contribution in [0.1, 0.15) is 72.6 Å². The van der Waals surface area contributed by atoms with Crippen molar-refractivity contribution in [2.24, 2.45) is 28.6 Å². The van der Waals surface area contributed by atoms with Crippen molar-refractivity contribution in [1.29, 1.82) is 0 Å². The molecule has 1 N–H and O–H groups in total. The summed E-state index contributed by atoms with van der Waals surface area (Å²) in [6.45, 7) is 9.62. The molecule has 0 radical (unpaired) electrons. The van der Waals surface area contributed by atoms with E-state index in [-0.39, 0.29) is 5.60 Å². The van der Waals surface area contributed by atoms with Gasteiger partial charge in [0, 0.05) is 0 Å². The van der Waals surface area contributed by atoms with E-state index in [9.17, 15) is 5.11 Å². The lowest BCUT2D eigenvalue weighted by molar-refractivity contribution is -0.0366. The van der Waals surface area contributed by atoms with Gasteiger partial charge in [-0.15, -0.1) is 0 Å². The molecule has 0 amide bonds. The Hall–Kier alpha value is -0.0400. The highest BCUT2D eigenvalue weighted by atomic mass is 16.3. The van der Waals surface area contributed by atoms with Gasteiger partial charge in [0.15, 0.2) is 0 Å². The summed E-state index contributed by atoms with van der Waals surface area (Å²) in [4.78, 5) is 0. The fourth-order valence-electron chi connectivity index (χ4n) is 5.84. The van der Waals surface area contributed by atoms with Crippen molar-refractivity contribution in [3.8, 4) is 0 Å². The Morgan fingerprint density at radius 3 is 2.22 bits per heavy atom. The largest absolute Gasteiger partial charge is 0.390 e. The molecule has 0 saturated heterocycles. The van der Waals surface area contributed by atoms with E-state index >= 15 is 0 Å². The minimum atomic E-state index is -0.384. The van der Waals surface area contributed by atoms with Crippen LogP contribution in [0, 0.1) is 28.6 Å². The first-order chi connectivity index (χ1) is 8.26. The molecule has 0 spiro atoms. The molecule has 2 bridgehead atoms. The van der Waals surface area contributed by atoms with Crippen LogP contribution in [0.2, 0.25) is 0 Å². The monoisotopic (exact) mass is 250 g/mol. The first kappa shape index (κ1) is 13.0. The van der Waals surface area contributed by atoms with Crippen LogP contribution >= 0.6 is 0 Å². The lowest BCUT2D eigenvalue weighted by Gasteiger charge is -2.46. The molecule has 2 unspecified atom stereocenters. The Balaban J connectivity index is 1.83. The Morgan fingerprint density at radius 2 is 1.72 bits per heavy atom. The highest BCUT2D eigenvalue weighted by Gasteiger charge is 2.62. The Kier molecular flexibility index (Phi) is 2.70. The van der Waals surface area contributed by atoms with Crippen LogP contribution in [-0.2, 0) is 0 Å². The summed E-state index contributed by atoms with van der Waals surface area (Å²) >= 11 is 0. The van der Waals surface area contributed by atoms with Crippen molar-refractivity contribution in [3.63, 3.8) is 0 Å². The first-order valence-corrected chi connectivity index (χ1v) is 7.99. The van der Waals surface area contributed by atoms with Gasteiger partial charge in [0.1, 0.15) is 0 Å². The van der Waals surface area contributed by atoms with Crippen LogP contribution in [0.25, 0.3) is 0 Å². The fraction of sp³-hybridized carbons (Fsp3) is 1.00. The molecule has 3 aliphatic carbocycles. The second-order valence-electron chi connectivity index (χ2n) is 8.57. The average molecular weight is 250 g/mol. The zero-order valence-electron chi connectivity index (χ0n) is 12.6. The van der Waals surface area contributed by atoms with E-state index in [1.54, 1.807) is 0 Å². The number of hydrogen-bond donors (Lipinski definition) is 1. The maximum Gasteiger partial charge on any atom is 0.0622 e. The quantitative estimate of drug-likeness (QED) is 0.732. The van der Waals surface area contributed by atoms with Crippen LogP contribution in [0.3, 0.4) is 0 Å². The van der Waals surface area contributed by atoms with E-state index < -0.39 is 0 Å². The van der Waals surface area contributed by atoms with Gasteiger partial charge in [-0.2, -0.15) is 0 Å². The van der Waals surface area contributed by atoms with E-state index in [1.807, 2.05) is 0 Å². The van der Waals surface area contributed by atoms with Gasteiger partial charge in [0.2, 0.25) is 0 Å². The highest BCUT2D eigenvalue weighted by Crippen LogP contribution is 2.70. The molecule has 18 heavy (non-hydrogen) atoms. The normalized spacial score (nSPS) is 54.8. The molecular weight excluding hydrogens is 220 g/mol. The molecule has 0 heterocycles. The number of fused-ring (bicyclic) bond motifs is 2. The summed E-state index contributed by atoms with van der Waals surface area (Å²) in [6, 6.07) is 0. The van der Waals surface area contributed by atoms with Crippen LogP contribution < -0.4 is 0 Å². The van der Waals surface area contributed by atoms with Gasteiger partial charge in [-0.1, -0.05) is 27.2 Å². The van der Waals surface area contributed by atoms with Gasteiger partial charge in [0.05, 0.1) is 5.60 Å². The zero-order chi connectivity index (χ0) is 13.2. The lowest BCUT2D eigenvalue weighted by atomic mass is 9.60. The second-order valence-corrected chi connectivity index (χ2v) is 8.57. The Bertz CT molecular complexity index is 344. The van der Waals surface area contributed by atoms with Crippen LogP contribution in [0.4, 0.5) is 0 Å². The predicted octanol–water partition coefficient (Wildman–Crippen LogP) is 4.39. The molecule has 5 atom stereocenters. The summed E-state index contributed by atoms with van der Waals surface area (Å²) in [5.41, 5.74) is 0.683. The molecule has 0 aliphatic heterocycles. The van der Waals surface area contributed by atoms with E-state index in [2.05, 4.69) is 27.7 Å². The predicted molar refractivity (Wildman–Crippen MR) is 75.3 cm³/mol. The van der Waals surface area contributed by atoms with Crippen LogP contribution in [-0.4, -0.2) is 10.7 Å². The van der Waals surface area contributed by atoms with Crippen molar-refractivity contribution >= 4 is 0 Å². The van der Waals surface area contributed by atoms with Gasteiger partial charge in [-0.3, -0.25) is 0 Å². The third-order valence-corrected chi connectivity index (χ3v) is 7.42. The summed E-state index contributed by atoms with van der Waals surface area (Å²) < 4.78 is 0. The Morgan fingerprint density at radius 1 is 1.00 bits per heavy atom. The second kappa shape index (κ2) is 3.75. The first-order valence-electron chi connectivity index (χ1n) is 7.99. The van der Waals surface area contributed by atoms with E-state index in [0.29, 0.717) is 10.8 Å². The SMILES string of the molecule is CC1(O)CCCC([C@@H]2C[C@H]3CC[C@]2(C)C3(C)C)C1. The van der Waals surface area contributed by atoms with Crippen molar-refractivity contribution in [3.05, 3.63) is 0 Å². The third kappa shape index (κ3) is 1.62. The zero-order valence-corrected chi connectivity index (χ0v) is 12.6. The van der Waals surface area contributed by atoms with E-state index in [0.717, 1.165) is 30.6 Å². The molecule has 3 rings (SSSR count). The number of hydrogen-bond acceptors (Lipinski definition) is 1. The number of aliphatic hydroxyl groups is 1. The summed E-state index contributed by atoms with van der Waals surface area (Å²) in [5.74, 6) is 2.60. The molecule has 1 heteroatoms. The minimum Gasteiger partial charge on any atom is -0.390 e.